The summed E-state index contributed by atoms with van der Waals surface area (Å²) in [6, 6.07) is 8.12. The standard InChI is InChI=1S/C46H58F4N5O11PS/c1-4-5-40(57)68-19-18-64-67(62,65-27-63-44(61)66-28(2)3)46(49,50)34-9-8-29-6-7-31(20-32(29)21-34)41(58)52-36-13-17-53(26-38(47)48)25-35-10-11-37(55(35)42(36)59)43(60)54-24-33(23-45(54)14-15-45)30-12-16-51-39(56)22-30/h6-9,12,16,20-22,28,33,35-38,57,68H,4-5,10-11,13-15,17-19,23-27H2,1-3H3,(H,51,56)(H,52,58)/t33?,35-,36+,37+,67?/m1/s1. The first-order valence-electron chi connectivity index (χ1n) is 22.8. The molecule has 1 spiro atoms. The fraction of sp³-hybridized carbons (Fsp3) is 0.565. The van der Waals surface area contributed by atoms with Crippen LogP contribution in [-0.2, 0) is 38.3 Å². The third kappa shape index (κ3) is 11.7. The third-order valence-corrected chi connectivity index (χ3v) is 15.8. The number of aromatic amines is 1. The van der Waals surface area contributed by atoms with Gasteiger partial charge >= 0.3 is 19.4 Å². The van der Waals surface area contributed by atoms with Gasteiger partial charge < -0.3 is 39.2 Å². The lowest BCUT2D eigenvalue weighted by Gasteiger charge is -2.40. The highest BCUT2D eigenvalue weighted by Gasteiger charge is 2.59. The number of rotatable bonds is 18. The van der Waals surface area contributed by atoms with Crippen LogP contribution in [0.4, 0.5) is 22.4 Å². The van der Waals surface area contributed by atoms with Crippen molar-refractivity contribution >= 4 is 58.6 Å². The average molecular weight is 996 g/mol. The maximum absolute atomic E-state index is 16.5. The number of carbonyl (C=O) groups is 4. The van der Waals surface area contributed by atoms with Crippen molar-refractivity contribution in [2.75, 3.05) is 45.3 Å². The molecule has 372 valence electrons. The summed E-state index contributed by atoms with van der Waals surface area (Å²) >= 11 is 0.368. The van der Waals surface area contributed by atoms with E-state index in [0.29, 0.717) is 55.4 Å². The van der Waals surface area contributed by atoms with Crippen LogP contribution in [-0.4, -0.2) is 135 Å². The van der Waals surface area contributed by atoms with Crippen LogP contribution in [0.25, 0.3) is 10.8 Å². The average Bonchev–Trinajstić information content (AvgIpc) is 3.78. The molecule has 16 nitrogen and oxygen atoms in total. The topological polar surface area (TPSA) is 197 Å². The van der Waals surface area contributed by atoms with Crippen LogP contribution < -0.4 is 10.9 Å². The number of hydrogen-bond acceptors (Lipinski definition) is 11. The number of hydrogen-bond donors (Lipinski definition) is 4. The van der Waals surface area contributed by atoms with E-state index in [1.54, 1.807) is 6.20 Å². The molecule has 22 heteroatoms. The zero-order valence-corrected chi connectivity index (χ0v) is 39.8. The second-order valence-electron chi connectivity index (χ2n) is 18.0. The van der Waals surface area contributed by atoms with Gasteiger partial charge in [0.2, 0.25) is 24.2 Å². The molecule has 0 bridgehead atoms. The largest absolute Gasteiger partial charge is 0.510 e. The van der Waals surface area contributed by atoms with Gasteiger partial charge in [0, 0.05) is 66.3 Å². The second-order valence-corrected chi connectivity index (χ2v) is 21.4. The molecule has 3 saturated heterocycles. The number of ether oxygens (including phenoxy) is 2. The summed E-state index contributed by atoms with van der Waals surface area (Å²) in [5, 5.41) is 13.4. The van der Waals surface area contributed by atoms with Gasteiger partial charge in [-0.05, 0) is 106 Å². The first-order valence-corrected chi connectivity index (χ1v) is 25.5. The number of fused-ring (bicyclic) bond motifs is 2. The number of aliphatic hydroxyl groups excluding tert-OH is 1. The van der Waals surface area contributed by atoms with Crippen LogP contribution in [0.2, 0.25) is 0 Å². The second kappa shape index (κ2) is 21.5. The Morgan fingerprint density at radius 2 is 1.78 bits per heavy atom. The molecule has 0 radical (unpaired) electrons. The summed E-state index contributed by atoms with van der Waals surface area (Å²) in [6.45, 7) is 3.09. The minimum atomic E-state index is -5.50. The molecule has 3 aliphatic heterocycles. The van der Waals surface area contributed by atoms with Gasteiger partial charge in [-0.2, -0.15) is 20.1 Å². The third-order valence-electron chi connectivity index (χ3n) is 12.9. The molecule has 4 aliphatic rings. The molecule has 2 unspecified atom stereocenters. The quantitative estimate of drug-likeness (QED) is 0.0190. The minimum Gasteiger partial charge on any atom is -0.432 e. The van der Waals surface area contributed by atoms with Crippen LogP contribution in [0, 0.1) is 0 Å². The summed E-state index contributed by atoms with van der Waals surface area (Å²) < 4.78 is 94.4. The highest BCUT2D eigenvalue weighted by Crippen LogP contribution is 2.67. The minimum absolute atomic E-state index is 0.0106. The number of halogens is 4. The summed E-state index contributed by atoms with van der Waals surface area (Å²) in [7, 11) is -5.50. The lowest BCUT2D eigenvalue weighted by molar-refractivity contribution is -0.148. The van der Waals surface area contributed by atoms with Crippen LogP contribution in [0.1, 0.15) is 99.5 Å². The van der Waals surface area contributed by atoms with Gasteiger partial charge in [-0.25, -0.2) is 13.6 Å². The lowest BCUT2D eigenvalue weighted by Crippen LogP contribution is -2.60. The molecule has 3 amide bonds. The Labute approximate surface area is 394 Å². The van der Waals surface area contributed by atoms with E-state index in [4.69, 9.17) is 18.5 Å². The number of benzene rings is 2. The van der Waals surface area contributed by atoms with E-state index in [1.165, 1.54) is 54.0 Å². The lowest BCUT2D eigenvalue weighted by atomic mass is 9.96. The Morgan fingerprint density at radius 3 is 2.49 bits per heavy atom. The SMILES string of the molecule is CCCC(O)=[SH]CCOP(=O)(OCOC(=O)OC(C)C)C(F)(F)c1ccc2ccc(C(=O)N[C@H]3CCN(CC(F)F)C[C@H]4CC[C@@H](C(=O)N5CC(c6cc[nH]c(=O)c6)CC56CC6)N4C3=O)cc2c1. The molecule has 4 fully saturated rings. The van der Waals surface area contributed by atoms with Gasteiger partial charge in [0.15, 0.2) is 0 Å². The van der Waals surface area contributed by atoms with Crippen molar-refractivity contribution in [1.82, 2.24) is 25.0 Å². The first kappa shape index (κ1) is 51.2. The molecule has 68 heavy (non-hydrogen) atoms. The maximum Gasteiger partial charge on any atom is 0.510 e. The van der Waals surface area contributed by atoms with E-state index in [0.717, 1.165) is 30.5 Å². The van der Waals surface area contributed by atoms with E-state index in [9.17, 15) is 42.4 Å². The number of likely N-dealkylation sites (tertiary alicyclic amines) is 1. The van der Waals surface area contributed by atoms with Crippen LogP contribution in [0.5, 0.6) is 0 Å². The van der Waals surface area contributed by atoms with Crippen molar-refractivity contribution in [3.05, 3.63) is 81.8 Å². The molecule has 4 heterocycles. The molecule has 3 aromatic rings. The molecule has 7 rings (SSSR count). The summed E-state index contributed by atoms with van der Waals surface area (Å²) in [5.74, 6) is -1.67. The molecule has 1 aliphatic carbocycles. The summed E-state index contributed by atoms with van der Waals surface area (Å²) in [5.41, 5.74) is -5.06. The van der Waals surface area contributed by atoms with E-state index in [1.807, 2.05) is 17.9 Å². The van der Waals surface area contributed by atoms with Crippen LogP contribution in [0.15, 0.2) is 59.5 Å². The van der Waals surface area contributed by atoms with Crippen molar-refractivity contribution in [3.8, 4) is 0 Å². The van der Waals surface area contributed by atoms with Crippen molar-refractivity contribution in [2.24, 2.45) is 0 Å². The smallest absolute Gasteiger partial charge is 0.432 e. The van der Waals surface area contributed by atoms with Gasteiger partial charge in [0.25, 0.3) is 12.3 Å². The normalized spacial score (nSPS) is 23.0. The number of alkyl halides is 4. The van der Waals surface area contributed by atoms with E-state index < -0.39 is 92.9 Å². The predicted octanol–water partition coefficient (Wildman–Crippen LogP) is 7.25. The number of nitrogens with zero attached hydrogens (tertiary/aromatic N) is 3. The summed E-state index contributed by atoms with van der Waals surface area (Å²) in [6.07, 6.45) is 0.838. The zero-order chi connectivity index (χ0) is 49.0. The molecule has 2 aromatic carbocycles. The van der Waals surface area contributed by atoms with Gasteiger partial charge in [-0.1, -0.05) is 25.1 Å². The first-order chi connectivity index (χ1) is 32.3. The van der Waals surface area contributed by atoms with Crippen molar-refractivity contribution < 1.29 is 64.9 Å². The number of H-pyrrole nitrogens is 1. The highest BCUT2D eigenvalue weighted by atomic mass is 32.1. The van der Waals surface area contributed by atoms with Gasteiger partial charge in [-0.3, -0.25) is 33.2 Å². The number of thiol groups is 1. The van der Waals surface area contributed by atoms with Crippen molar-refractivity contribution in [3.63, 3.8) is 0 Å². The molecule has 1 saturated carbocycles. The van der Waals surface area contributed by atoms with Crippen LogP contribution in [0.3, 0.4) is 0 Å². The number of pyridine rings is 1. The number of nitrogens with one attached hydrogen (secondary N) is 2. The highest BCUT2D eigenvalue weighted by molar-refractivity contribution is 7.98. The number of amides is 3. The van der Waals surface area contributed by atoms with Crippen molar-refractivity contribution in [1.29, 1.82) is 0 Å². The maximum atomic E-state index is 16.5. The Bertz CT molecular complexity index is 2490. The number of carbonyl (C=O) groups excluding carboxylic acids is 4. The Morgan fingerprint density at radius 1 is 1.01 bits per heavy atom. The monoisotopic (exact) mass is 995 g/mol. The number of aromatic nitrogens is 1. The van der Waals surface area contributed by atoms with E-state index in [-0.39, 0.29) is 58.6 Å². The van der Waals surface area contributed by atoms with Crippen molar-refractivity contribution in [2.45, 2.75) is 120 Å². The number of aliphatic hydroxyl groups is 1. The Kier molecular flexibility index (Phi) is 16.2. The zero-order valence-electron chi connectivity index (χ0n) is 38.0. The van der Waals surface area contributed by atoms with E-state index in [2.05, 4.69) is 10.3 Å². The summed E-state index contributed by atoms with van der Waals surface area (Å²) in [4.78, 5) is 74.8. The predicted molar refractivity (Wildman–Crippen MR) is 247 cm³/mol. The van der Waals surface area contributed by atoms with E-state index >= 15 is 8.78 Å². The van der Waals surface area contributed by atoms with Gasteiger partial charge in [0.1, 0.15) is 12.1 Å². The molecular formula is C46H58F4N5O11PS. The van der Waals surface area contributed by atoms with Gasteiger partial charge in [-0.15, -0.1) is 0 Å². The molecular weight excluding hydrogens is 938 g/mol. The van der Waals surface area contributed by atoms with Gasteiger partial charge in [0.05, 0.1) is 24.3 Å². The molecule has 5 atom stereocenters. The van der Waals surface area contributed by atoms with Crippen LogP contribution >= 0.6 is 18.9 Å². The Hall–Kier alpha value is -4.66. The fourth-order valence-electron chi connectivity index (χ4n) is 9.43. The fourth-order valence-corrected chi connectivity index (χ4v) is 11.8. The molecule has 3 N–H and O–H groups in total. The Balaban J connectivity index is 1.11. The molecule has 1 aromatic heterocycles.